The van der Waals surface area contributed by atoms with Crippen molar-refractivity contribution < 1.29 is 14.5 Å². The average Bonchev–Trinajstić information content (AvgIpc) is 2.37. The molecule has 0 saturated carbocycles. The minimum atomic E-state index is -0.0830. The van der Waals surface area contributed by atoms with Crippen LogP contribution in [0.1, 0.15) is 32.4 Å². The summed E-state index contributed by atoms with van der Waals surface area (Å²) in [6.07, 6.45) is 0. The Kier molecular flexibility index (Phi) is 7.55. The average molecular weight is 371 g/mol. The van der Waals surface area contributed by atoms with Crippen LogP contribution in [0.15, 0.2) is 28.7 Å². The van der Waals surface area contributed by atoms with E-state index >= 15 is 0 Å². The van der Waals surface area contributed by atoms with Crippen molar-refractivity contribution in [3.05, 3.63) is 34.3 Å². The Morgan fingerprint density at radius 1 is 1.09 bits per heavy atom. The maximum atomic E-state index is 12.1. The summed E-state index contributed by atoms with van der Waals surface area (Å²) in [6, 6.07) is 7.83. The van der Waals surface area contributed by atoms with Crippen LogP contribution < -0.4 is 15.5 Å². The van der Waals surface area contributed by atoms with E-state index in [9.17, 15) is 9.59 Å². The van der Waals surface area contributed by atoms with Gasteiger partial charge in [0.05, 0.1) is 13.1 Å². The highest BCUT2D eigenvalue weighted by Crippen LogP contribution is 2.22. The fourth-order valence-electron chi connectivity index (χ4n) is 2.18. The lowest BCUT2D eigenvalue weighted by Gasteiger charge is -2.18. The summed E-state index contributed by atoms with van der Waals surface area (Å²) >= 11 is 3.48. The number of hydrogen-bond donors (Lipinski definition) is 3. The molecule has 0 fully saturated rings. The van der Waals surface area contributed by atoms with Crippen molar-refractivity contribution in [3.8, 4) is 0 Å². The van der Waals surface area contributed by atoms with Crippen LogP contribution in [-0.4, -0.2) is 38.0 Å². The van der Waals surface area contributed by atoms with Gasteiger partial charge in [0.2, 0.25) is 0 Å². The molecule has 0 aliphatic heterocycles. The van der Waals surface area contributed by atoms with E-state index in [0.717, 1.165) is 14.9 Å². The van der Waals surface area contributed by atoms with Gasteiger partial charge in [-0.25, -0.2) is 0 Å². The lowest BCUT2D eigenvalue weighted by atomic mass is 10.1. The lowest BCUT2D eigenvalue weighted by molar-refractivity contribution is -0.862. The van der Waals surface area contributed by atoms with E-state index in [1.54, 1.807) is 0 Å². The van der Waals surface area contributed by atoms with Crippen LogP contribution in [0, 0.1) is 0 Å². The minimum absolute atomic E-state index is 0.0425. The molecule has 0 heterocycles. The van der Waals surface area contributed by atoms with Gasteiger partial charge in [0.25, 0.3) is 11.8 Å². The maximum absolute atomic E-state index is 12.1. The summed E-state index contributed by atoms with van der Waals surface area (Å²) in [4.78, 5) is 24.6. The predicted octanol–water partition coefficient (Wildman–Crippen LogP) is 0.666. The van der Waals surface area contributed by atoms with Crippen molar-refractivity contribution >= 4 is 27.7 Å². The molecule has 0 radical (unpaired) electrons. The van der Waals surface area contributed by atoms with Gasteiger partial charge >= 0.3 is 0 Å². The van der Waals surface area contributed by atoms with Crippen molar-refractivity contribution in [2.45, 2.75) is 32.9 Å². The van der Waals surface area contributed by atoms with Crippen molar-refractivity contribution in [1.82, 2.24) is 10.6 Å². The summed E-state index contributed by atoms with van der Waals surface area (Å²) < 4.78 is 0.972. The first-order valence-electron chi connectivity index (χ1n) is 7.44. The number of halogens is 1. The second kappa shape index (κ2) is 8.90. The predicted molar refractivity (Wildman–Crippen MR) is 90.6 cm³/mol. The van der Waals surface area contributed by atoms with E-state index in [4.69, 9.17) is 0 Å². The van der Waals surface area contributed by atoms with Crippen LogP contribution in [0.25, 0.3) is 0 Å². The zero-order chi connectivity index (χ0) is 16.7. The first kappa shape index (κ1) is 18.6. The quantitative estimate of drug-likeness (QED) is 0.660. The van der Waals surface area contributed by atoms with E-state index < -0.39 is 0 Å². The van der Waals surface area contributed by atoms with Crippen LogP contribution in [0.3, 0.4) is 0 Å². The highest BCUT2D eigenvalue weighted by atomic mass is 79.9. The molecule has 22 heavy (non-hydrogen) atoms. The minimum Gasteiger partial charge on any atom is -0.349 e. The van der Waals surface area contributed by atoms with Crippen molar-refractivity contribution in [2.75, 3.05) is 20.1 Å². The largest absolute Gasteiger partial charge is 0.349 e. The first-order chi connectivity index (χ1) is 10.3. The van der Waals surface area contributed by atoms with Crippen molar-refractivity contribution in [2.24, 2.45) is 0 Å². The maximum Gasteiger partial charge on any atom is 0.275 e. The van der Waals surface area contributed by atoms with Crippen LogP contribution in [-0.2, 0) is 9.59 Å². The third-order valence-electron chi connectivity index (χ3n) is 3.12. The zero-order valence-corrected chi connectivity index (χ0v) is 15.2. The molecule has 5 nitrogen and oxygen atoms in total. The fourth-order valence-corrected chi connectivity index (χ4v) is 2.81. The molecule has 2 atom stereocenters. The molecule has 122 valence electrons. The molecule has 1 aromatic carbocycles. The Morgan fingerprint density at radius 3 is 2.18 bits per heavy atom. The molecular weight excluding hydrogens is 346 g/mol. The fraction of sp³-hybridized carbons (Fsp3) is 0.500. The topological polar surface area (TPSA) is 62.6 Å². The van der Waals surface area contributed by atoms with Crippen molar-refractivity contribution in [1.29, 1.82) is 0 Å². The van der Waals surface area contributed by atoms with Crippen molar-refractivity contribution in [3.63, 3.8) is 0 Å². The van der Waals surface area contributed by atoms with Gasteiger partial charge in [0.15, 0.2) is 13.1 Å². The van der Waals surface area contributed by atoms with Gasteiger partial charge in [-0.3, -0.25) is 9.59 Å². The number of rotatable bonds is 7. The lowest BCUT2D eigenvalue weighted by Crippen LogP contribution is -3.11. The van der Waals surface area contributed by atoms with Gasteiger partial charge in [-0.15, -0.1) is 0 Å². The van der Waals surface area contributed by atoms with Crippen LogP contribution in [0.2, 0.25) is 0 Å². The molecule has 1 unspecified atom stereocenters. The molecule has 6 heteroatoms. The summed E-state index contributed by atoms with van der Waals surface area (Å²) in [5, 5.41) is 5.78. The number of hydrogen-bond acceptors (Lipinski definition) is 2. The summed E-state index contributed by atoms with van der Waals surface area (Å²) in [5.41, 5.74) is 1.03. The summed E-state index contributed by atoms with van der Waals surface area (Å²) in [6.45, 7) is 6.33. The van der Waals surface area contributed by atoms with Gasteiger partial charge in [0, 0.05) is 10.5 Å². The first-order valence-corrected chi connectivity index (χ1v) is 8.23. The van der Waals surface area contributed by atoms with Gasteiger partial charge in [-0.05, 0) is 32.4 Å². The molecule has 1 aromatic rings. The number of benzene rings is 1. The molecule has 0 saturated heterocycles. The number of nitrogens with one attached hydrogen (secondary N) is 3. The number of quaternary nitrogens is 1. The molecule has 0 aliphatic rings. The third-order valence-corrected chi connectivity index (χ3v) is 3.85. The SMILES string of the molecule is CC(C)NC(=O)C[NH+](C)CC(=O)N[C@@H](C)c1ccccc1Br. The van der Waals surface area contributed by atoms with Gasteiger partial charge in [-0.2, -0.15) is 0 Å². The molecular formula is C16H25BrN3O2+. The molecule has 0 bridgehead atoms. The zero-order valence-electron chi connectivity index (χ0n) is 13.6. The summed E-state index contributed by atoms with van der Waals surface area (Å²) in [7, 11) is 1.84. The molecule has 0 aliphatic carbocycles. The number of carbonyl (C=O) groups excluding carboxylic acids is 2. The Hall–Kier alpha value is -1.40. The number of amides is 2. The molecule has 3 N–H and O–H groups in total. The van der Waals surface area contributed by atoms with Crippen LogP contribution in [0.5, 0.6) is 0 Å². The number of likely N-dealkylation sites (N-methyl/N-ethyl adjacent to an activating group) is 1. The van der Waals surface area contributed by atoms with E-state index in [0.29, 0.717) is 0 Å². The Bertz CT molecular complexity index is 520. The smallest absolute Gasteiger partial charge is 0.275 e. The van der Waals surface area contributed by atoms with E-state index in [-0.39, 0.29) is 37.0 Å². The second-order valence-corrected chi connectivity index (χ2v) is 6.70. The monoisotopic (exact) mass is 370 g/mol. The molecule has 0 spiro atoms. The molecule has 1 rings (SSSR count). The summed E-state index contributed by atoms with van der Waals surface area (Å²) in [5.74, 6) is -0.114. The third kappa shape index (κ3) is 6.58. The van der Waals surface area contributed by atoms with Gasteiger partial charge in [-0.1, -0.05) is 34.1 Å². The van der Waals surface area contributed by atoms with Crippen LogP contribution in [0.4, 0.5) is 0 Å². The van der Waals surface area contributed by atoms with Gasteiger partial charge in [0.1, 0.15) is 0 Å². The van der Waals surface area contributed by atoms with E-state index in [1.807, 2.05) is 52.1 Å². The number of carbonyl (C=O) groups is 2. The normalized spacial score (nSPS) is 13.5. The molecule has 2 amide bonds. The van der Waals surface area contributed by atoms with Crippen LogP contribution >= 0.6 is 15.9 Å². The Balaban J connectivity index is 2.45. The van der Waals surface area contributed by atoms with E-state index in [2.05, 4.69) is 26.6 Å². The Morgan fingerprint density at radius 2 is 1.64 bits per heavy atom. The standard InChI is InChI=1S/C16H24BrN3O2/c1-11(2)18-15(21)9-20(4)10-16(22)19-12(3)13-7-5-6-8-14(13)17/h5-8,11-12H,9-10H2,1-4H3,(H,18,21)(H,19,22)/p+1/t12-/m0/s1. The second-order valence-electron chi connectivity index (χ2n) is 5.84. The van der Waals surface area contributed by atoms with Gasteiger partial charge < -0.3 is 15.5 Å². The van der Waals surface area contributed by atoms with E-state index in [1.165, 1.54) is 0 Å². The highest BCUT2D eigenvalue weighted by molar-refractivity contribution is 9.10. The highest BCUT2D eigenvalue weighted by Gasteiger charge is 2.17. The Labute approximate surface area is 140 Å². The molecule has 0 aromatic heterocycles.